The Hall–Kier alpha value is -1.06. The van der Waals surface area contributed by atoms with Gasteiger partial charge in [-0.3, -0.25) is 9.59 Å². The second kappa shape index (κ2) is 6.76. The topological polar surface area (TPSA) is 55.4 Å². The molecule has 0 bridgehead atoms. The number of ether oxygens (including phenoxy) is 1. The summed E-state index contributed by atoms with van der Waals surface area (Å²) in [5.41, 5.74) is -0.475. The van der Waals surface area contributed by atoms with E-state index in [1.165, 1.54) is 25.7 Å². The lowest BCUT2D eigenvalue weighted by Gasteiger charge is -2.19. The van der Waals surface area contributed by atoms with Gasteiger partial charge in [0.25, 0.3) is 0 Å². The van der Waals surface area contributed by atoms with E-state index < -0.39 is 5.60 Å². The van der Waals surface area contributed by atoms with Crippen molar-refractivity contribution in [3.63, 3.8) is 0 Å². The fourth-order valence-electron chi connectivity index (χ4n) is 2.17. The van der Waals surface area contributed by atoms with Crippen LogP contribution in [0.4, 0.5) is 0 Å². The van der Waals surface area contributed by atoms with E-state index in [9.17, 15) is 9.59 Å². The number of amides is 1. The van der Waals surface area contributed by atoms with Crippen molar-refractivity contribution in [2.45, 2.75) is 64.9 Å². The van der Waals surface area contributed by atoms with Crippen molar-refractivity contribution < 1.29 is 14.3 Å². The van der Waals surface area contributed by atoms with Gasteiger partial charge in [0.15, 0.2) is 0 Å². The van der Waals surface area contributed by atoms with Crippen molar-refractivity contribution in [2.24, 2.45) is 5.92 Å². The van der Waals surface area contributed by atoms with Crippen LogP contribution in [0.25, 0.3) is 0 Å². The van der Waals surface area contributed by atoms with Gasteiger partial charge in [-0.25, -0.2) is 0 Å². The molecule has 1 fully saturated rings. The third-order valence-corrected chi connectivity index (χ3v) is 3.04. The standard InChI is InChI=1S/C14H25NO3/c1-14(2,3)18-13(17)9-8-12(16)15-10-11-6-4-5-7-11/h11H,4-10H2,1-3H3,(H,15,16). The maximum absolute atomic E-state index is 11.6. The Morgan fingerprint density at radius 2 is 1.78 bits per heavy atom. The summed E-state index contributed by atoms with van der Waals surface area (Å²) in [6, 6.07) is 0. The van der Waals surface area contributed by atoms with Crippen LogP contribution in [0.15, 0.2) is 0 Å². The van der Waals surface area contributed by atoms with E-state index in [4.69, 9.17) is 4.74 Å². The van der Waals surface area contributed by atoms with Crippen LogP contribution in [-0.4, -0.2) is 24.0 Å². The quantitative estimate of drug-likeness (QED) is 0.768. The first-order valence-corrected chi connectivity index (χ1v) is 6.85. The van der Waals surface area contributed by atoms with Gasteiger partial charge < -0.3 is 10.1 Å². The largest absolute Gasteiger partial charge is 0.460 e. The minimum Gasteiger partial charge on any atom is -0.460 e. The van der Waals surface area contributed by atoms with Crippen molar-refractivity contribution in [3.05, 3.63) is 0 Å². The molecule has 1 saturated carbocycles. The summed E-state index contributed by atoms with van der Waals surface area (Å²) in [5.74, 6) is 0.279. The lowest BCUT2D eigenvalue weighted by molar-refractivity contribution is -0.155. The molecule has 0 aromatic heterocycles. The first-order valence-electron chi connectivity index (χ1n) is 6.85. The van der Waals surface area contributed by atoms with Crippen molar-refractivity contribution in [2.75, 3.05) is 6.54 Å². The monoisotopic (exact) mass is 255 g/mol. The molecule has 0 saturated heterocycles. The van der Waals surface area contributed by atoms with Crippen molar-refractivity contribution in [1.82, 2.24) is 5.32 Å². The molecule has 0 aromatic carbocycles. The smallest absolute Gasteiger partial charge is 0.306 e. The molecule has 1 rings (SSSR count). The Balaban J connectivity index is 2.10. The molecule has 1 aliphatic carbocycles. The van der Waals surface area contributed by atoms with Crippen LogP contribution < -0.4 is 5.32 Å². The van der Waals surface area contributed by atoms with Crippen LogP contribution in [0.5, 0.6) is 0 Å². The zero-order valence-corrected chi connectivity index (χ0v) is 11.8. The molecular weight excluding hydrogens is 230 g/mol. The van der Waals surface area contributed by atoms with Crippen LogP contribution in [0.2, 0.25) is 0 Å². The van der Waals surface area contributed by atoms with Gasteiger partial charge >= 0.3 is 5.97 Å². The Morgan fingerprint density at radius 1 is 1.17 bits per heavy atom. The van der Waals surface area contributed by atoms with Crippen LogP contribution in [0, 0.1) is 5.92 Å². The molecular formula is C14H25NO3. The highest BCUT2D eigenvalue weighted by Gasteiger charge is 2.18. The third-order valence-electron chi connectivity index (χ3n) is 3.04. The zero-order chi connectivity index (χ0) is 13.6. The van der Waals surface area contributed by atoms with E-state index in [2.05, 4.69) is 5.32 Å². The molecule has 4 nitrogen and oxygen atoms in total. The van der Waals surface area contributed by atoms with Crippen LogP contribution >= 0.6 is 0 Å². The van der Waals surface area contributed by atoms with Gasteiger partial charge in [0.05, 0.1) is 6.42 Å². The van der Waals surface area contributed by atoms with Crippen molar-refractivity contribution in [3.8, 4) is 0 Å². The molecule has 1 amide bonds. The van der Waals surface area contributed by atoms with Gasteiger partial charge in [-0.2, -0.15) is 0 Å². The Morgan fingerprint density at radius 3 is 2.33 bits per heavy atom. The molecule has 0 heterocycles. The van der Waals surface area contributed by atoms with E-state index in [1.807, 2.05) is 20.8 Å². The minimum atomic E-state index is -0.475. The second-order valence-electron chi connectivity index (χ2n) is 6.04. The summed E-state index contributed by atoms with van der Waals surface area (Å²) in [6.45, 7) is 6.23. The molecule has 0 radical (unpaired) electrons. The van der Waals surface area contributed by atoms with Gasteiger partial charge in [0, 0.05) is 13.0 Å². The van der Waals surface area contributed by atoms with Crippen LogP contribution in [0.3, 0.4) is 0 Å². The van der Waals surface area contributed by atoms with Gasteiger partial charge in [0.1, 0.15) is 5.60 Å². The number of hydrogen-bond donors (Lipinski definition) is 1. The molecule has 0 aliphatic heterocycles. The molecule has 104 valence electrons. The van der Waals surface area contributed by atoms with Gasteiger partial charge in [0.2, 0.25) is 5.91 Å². The van der Waals surface area contributed by atoms with Crippen molar-refractivity contribution >= 4 is 11.9 Å². The Bertz CT molecular complexity index is 288. The van der Waals surface area contributed by atoms with E-state index in [0.717, 1.165) is 6.54 Å². The average molecular weight is 255 g/mol. The fourth-order valence-corrected chi connectivity index (χ4v) is 2.17. The number of esters is 1. The fraction of sp³-hybridized carbons (Fsp3) is 0.857. The lowest BCUT2D eigenvalue weighted by Crippen LogP contribution is -2.29. The highest BCUT2D eigenvalue weighted by Crippen LogP contribution is 2.23. The molecule has 0 unspecified atom stereocenters. The Labute approximate surface area is 109 Å². The predicted octanol–water partition coefficient (Wildman–Crippen LogP) is 2.41. The van der Waals surface area contributed by atoms with Gasteiger partial charge in [-0.1, -0.05) is 12.8 Å². The number of carbonyl (C=O) groups is 2. The number of carbonyl (C=O) groups excluding carboxylic acids is 2. The maximum Gasteiger partial charge on any atom is 0.306 e. The van der Waals surface area contributed by atoms with Crippen LogP contribution in [0.1, 0.15) is 59.3 Å². The van der Waals surface area contributed by atoms with Gasteiger partial charge in [-0.05, 0) is 39.5 Å². The van der Waals surface area contributed by atoms with E-state index in [-0.39, 0.29) is 24.7 Å². The van der Waals surface area contributed by atoms with E-state index in [0.29, 0.717) is 5.92 Å². The predicted molar refractivity (Wildman–Crippen MR) is 70.0 cm³/mol. The summed E-state index contributed by atoms with van der Waals surface area (Å²) < 4.78 is 5.15. The minimum absolute atomic E-state index is 0.0484. The summed E-state index contributed by atoms with van der Waals surface area (Å²) >= 11 is 0. The molecule has 1 aliphatic rings. The van der Waals surface area contributed by atoms with Crippen LogP contribution in [-0.2, 0) is 14.3 Å². The zero-order valence-electron chi connectivity index (χ0n) is 11.8. The molecule has 1 N–H and O–H groups in total. The van der Waals surface area contributed by atoms with E-state index >= 15 is 0 Å². The summed E-state index contributed by atoms with van der Waals surface area (Å²) in [6.07, 6.45) is 5.37. The SMILES string of the molecule is CC(C)(C)OC(=O)CCC(=O)NCC1CCCC1. The molecule has 0 atom stereocenters. The third kappa shape index (κ3) is 6.62. The normalized spacial score (nSPS) is 16.6. The first-order chi connectivity index (χ1) is 8.37. The number of hydrogen-bond acceptors (Lipinski definition) is 3. The average Bonchev–Trinajstić information content (AvgIpc) is 2.74. The molecule has 4 heteroatoms. The first kappa shape index (κ1) is 15.0. The summed E-state index contributed by atoms with van der Waals surface area (Å²) in [7, 11) is 0. The molecule has 18 heavy (non-hydrogen) atoms. The number of nitrogens with one attached hydrogen (secondary N) is 1. The van der Waals surface area contributed by atoms with E-state index in [1.54, 1.807) is 0 Å². The maximum atomic E-state index is 11.6. The highest BCUT2D eigenvalue weighted by molar-refractivity contribution is 5.81. The number of rotatable bonds is 5. The highest BCUT2D eigenvalue weighted by atomic mass is 16.6. The molecule has 0 aromatic rings. The second-order valence-corrected chi connectivity index (χ2v) is 6.04. The lowest BCUT2D eigenvalue weighted by atomic mass is 10.1. The summed E-state index contributed by atoms with van der Waals surface area (Å²) in [4.78, 5) is 23.0. The summed E-state index contributed by atoms with van der Waals surface area (Å²) in [5, 5.41) is 2.90. The Kier molecular flexibility index (Phi) is 5.63. The van der Waals surface area contributed by atoms with Gasteiger partial charge in [-0.15, -0.1) is 0 Å². The molecule has 0 spiro atoms. The van der Waals surface area contributed by atoms with Crippen molar-refractivity contribution in [1.29, 1.82) is 0 Å².